The molecule has 2 heterocycles. The zero-order valence-electron chi connectivity index (χ0n) is 16.7. The van der Waals surface area contributed by atoms with Crippen molar-refractivity contribution in [3.63, 3.8) is 0 Å². The third-order valence-corrected chi connectivity index (χ3v) is 5.06. The lowest BCUT2D eigenvalue weighted by Gasteiger charge is -2.20. The van der Waals surface area contributed by atoms with Gasteiger partial charge in [-0.2, -0.15) is 0 Å². The average molecular weight is 416 g/mol. The Kier molecular flexibility index (Phi) is 5.61. The lowest BCUT2D eigenvalue weighted by molar-refractivity contribution is 0.101. The molecule has 156 valence electrons. The third kappa shape index (κ3) is 4.23. The quantitative estimate of drug-likeness (QED) is 0.500. The van der Waals surface area contributed by atoms with E-state index in [1.54, 1.807) is 0 Å². The van der Waals surface area contributed by atoms with Gasteiger partial charge in [0.25, 0.3) is 11.5 Å². The first-order chi connectivity index (χ1) is 15.0. The van der Waals surface area contributed by atoms with E-state index in [1.807, 2.05) is 60.7 Å². The van der Waals surface area contributed by atoms with E-state index in [0.29, 0.717) is 17.9 Å². The van der Waals surface area contributed by atoms with Crippen molar-refractivity contribution in [2.45, 2.75) is 12.3 Å². The molecule has 4 rings (SSSR count). The Labute approximate surface area is 177 Å². The Morgan fingerprint density at radius 3 is 2.26 bits per heavy atom. The molecule has 0 aliphatic heterocycles. The number of nitrogens with zero attached hydrogens (tertiary/aromatic N) is 3. The summed E-state index contributed by atoms with van der Waals surface area (Å²) in [7, 11) is 1.53. The van der Waals surface area contributed by atoms with Gasteiger partial charge >= 0.3 is 0 Å². The van der Waals surface area contributed by atoms with E-state index >= 15 is 0 Å². The van der Waals surface area contributed by atoms with Gasteiger partial charge in [0.15, 0.2) is 5.69 Å². The van der Waals surface area contributed by atoms with Gasteiger partial charge in [0.2, 0.25) is 5.75 Å². The highest BCUT2D eigenvalue weighted by Gasteiger charge is 2.23. The number of aromatic hydroxyl groups is 1. The summed E-state index contributed by atoms with van der Waals surface area (Å²) in [6.45, 7) is 0. The number of hydrogen-bond acceptors (Lipinski definition) is 6. The fourth-order valence-electron chi connectivity index (χ4n) is 3.41. The summed E-state index contributed by atoms with van der Waals surface area (Å²) in [5.74, 6) is -1.16. The summed E-state index contributed by atoms with van der Waals surface area (Å²) in [5.41, 5.74) is 1.34. The lowest BCUT2D eigenvalue weighted by Crippen LogP contribution is -2.28. The van der Waals surface area contributed by atoms with Gasteiger partial charge < -0.3 is 14.9 Å². The smallest absolute Gasteiger partial charge is 0.296 e. The molecule has 0 saturated heterocycles. The standard InChI is InChI=1S/C23H20N4O4/c1-27-19(12-18(15-8-4-2-5-9-15)16-10-6-3-7-11-16)26-20(21(28)23(27)30)22(29)25-17-13-24-31-14-17/h2-11,13-14,18,28H,12H2,1H3,(H,25,29). The van der Waals surface area contributed by atoms with Crippen LogP contribution in [0.15, 0.2) is 82.4 Å². The molecule has 4 aromatic rings. The van der Waals surface area contributed by atoms with E-state index in [1.165, 1.54) is 24.1 Å². The Hall–Kier alpha value is -4.20. The first-order valence-electron chi connectivity index (χ1n) is 9.64. The summed E-state index contributed by atoms with van der Waals surface area (Å²) in [4.78, 5) is 29.6. The van der Waals surface area contributed by atoms with Crippen molar-refractivity contribution in [1.82, 2.24) is 14.7 Å². The number of aromatic nitrogens is 3. The van der Waals surface area contributed by atoms with Crippen molar-refractivity contribution in [2.75, 3.05) is 5.32 Å². The number of carbonyl (C=O) groups is 1. The summed E-state index contributed by atoms with van der Waals surface area (Å²) in [5, 5.41) is 16.3. The number of benzene rings is 2. The molecule has 0 aliphatic carbocycles. The van der Waals surface area contributed by atoms with Crippen LogP contribution >= 0.6 is 0 Å². The van der Waals surface area contributed by atoms with Crippen LogP contribution in [0.2, 0.25) is 0 Å². The first kappa shape index (κ1) is 20.1. The lowest BCUT2D eigenvalue weighted by atomic mass is 9.88. The molecule has 2 N–H and O–H groups in total. The van der Waals surface area contributed by atoms with Crippen molar-refractivity contribution in [1.29, 1.82) is 0 Å². The molecule has 0 unspecified atom stereocenters. The minimum absolute atomic E-state index is 0.0981. The maximum atomic E-state index is 12.6. The molecule has 0 fully saturated rings. The molecular formula is C23H20N4O4. The molecule has 2 aromatic carbocycles. The fraction of sp³-hybridized carbons (Fsp3) is 0.130. The molecule has 8 nitrogen and oxygen atoms in total. The van der Waals surface area contributed by atoms with E-state index in [4.69, 9.17) is 0 Å². The van der Waals surface area contributed by atoms with Crippen LogP contribution in [0.25, 0.3) is 0 Å². The van der Waals surface area contributed by atoms with E-state index < -0.39 is 17.2 Å². The molecular weight excluding hydrogens is 396 g/mol. The van der Waals surface area contributed by atoms with Crippen molar-refractivity contribution < 1.29 is 14.4 Å². The largest absolute Gasteiger partial charge is 0.501 e. The van der Waals surface area contributed by atoms with Gasteiger partial charge in [-0.15, -0.1) is 0 Å². The Morgan fingerprint density at radius 2 is 1.71 bits per heavy atom. The molecule has 0 aliphatic rings. The van der Waals surface area contributed by atoms with Crippen LogP contribution in [-0.2, 0) is 13.5 Å². The molecule has 0 saturated carbocycles. The number of anilines is 1. The van der Waals surface area contributed by atoms with Gasteiger partial charge in [0, 0.05) is 19.4 Å². The van der Waals surface area contributed by atoms with Crippen molar-refractivity contribution >= 4 is 11.6 Å². The number of rotatable bonds is 6. The van der Waals surface area contributed by atoms with Gasteiger partial charge in [-0.1, -0.05) is 65.8 Å². The highest BCUT2D eigenvalue weighted by molar-refractivity contribution is 6.04. The predicted molar refractivity (Wildman–Crippen MR) is 114 cm³/mol. The first-order valence-corrected chi connectivity index (χ1v) is 9.64. The molecule has 8 heteroatoms. The summed E-state index contributed by atoms with van der Waals surface area (Å²) < 4.78 is 5.95. The highest BCUT2D eigenvalue weighted by Crippen LogP contribution is 2.28. The summed E-state index contributed by atoms with van der Waals surface area (Å²) >= 11 is 0. The highest BCUT2D eigenvalue weighted by atomic mass is 16.5. The number of amides is 1. The van der Waals surface area contributed by atoms with Gasteiger partial charge in [-0.05, 0) is 11.1 Å². The van der Waals surface area contributed by atoms with Crippen LogP contribution in [0.4, 0.5) is 5.69 Å². The molecule has 2 aromatic heterocycles. The maximum absolute atomic E-state index is 12.6. The Morgan fingerprint density at radius 1 is 1.10 bits per heavy atom. The molecule has 1 amide bonds. The van der Waals surface area contributed by atoms with Crippen LogP contribution in [0.1, 0.15) is 33.4 Å². The molecule has 31 heavy (non-hydrogen) atoms. The van der Waals surface area contributed by atoms with Gasteiger partial charge in [0.05, 0.1) is 6.20 Å². The van der Waals surface area contributed by atoms with Crippen LogP contribution in [-0.4, -0.2) is 25.7 Å². The summed E-state index contributed by atoms with van der Waals surface area (Å²) in [6, 6.07) is 19.7. The topological polar surface area (TPSA) is 110 Å². The van der Waals surface area contributed by atoms with Crippen molar-refractivity contribution in [3.8, 4) is 5.75 Å². The molecule has 0 radical (unpaired) electrons. The zero-order valence-corrected chi connectivity index (χ0v) is 16.7. The monoisotopic (exact) mass is 416 g/mol. The van der Waals surface area contributed by atoms with Crippen LogP contribution < -0.4 is 10.9 Å². The SMILES string of the molecule is Cn1c(CC(c2ccccc2)c2ccccc2)nc(C(=O)Nc2cnoc2)c(O)c1=O. The van der Waals surface area contributed by atoms with Crippen molar-refractivity contribution in [3.05, 3.63) is 106 Å². The van der Waals surface area contributed by atoms with Crippen molar-refractivity contribution in [2.24, 2.45) is 7.05 Å². The number of hydrogen-bond donors (Lipinski definition) is 2. The van der Waals surface area contributed by atoms with E-state index in [-0.39, 0.29) is 11.6 Å². The number of nitrogens with one attached hydrogen (secondary N) is 1. The normalized spacial score (nSPS) is 10.9. The predicted octanol–water partition coefficient (Wildman–Crippen LogP) is 3.10. The zero-order chi connectivity index (χ0) is 21.8. The Balaban J connectivity index is 1.74. The molecule has 0 bridgehead atoms. The second-order valence-corrected chi connectivity index (χ2v) is 7.03. The minimum atomic E-state index is -0.726. The Bertz CT molecular complexity index is 1200. The maximum Gasteiger partial charge on any atom is 0.296 e. The second-order valence-electron chi connectivity index (χ2n) is 7.03. The second kappa shape index (κ2) is 8.66. The summed E-state index contributed by atoms with van der Waals surface area (Å²) in [6.07, 6.45) is 2.89. The third-order valence-electron chi connectivity index (χ3n) is 5.06. The van der Waals surface area contributed by atoms with Gasteiger partial charge in [-0.3, -0.25) is 14.2 Å². The van der Waals surface area contributed by atoms with Gasteiger partial charge in [0.1, 0.15) is 17.8 Å². The molecule has 0 spiro atoms. The van der Waals surface area contributed by atoms with E-state index in [2.05, 4.69) is 20.0 Å². The van der Waals surface area contributed by atoms with Crippen LogP contribution in [0.3, 0.4) is 0 Å². The molecule has 0 atom stereocenters. The minimum Gasteiger partial charge on any atom is -0.501 e. The van der Waals surface area contributed by atoms with E-state index in [0.717, 1.165) is 11.1 Å². The number of carbonyl (C=O) groups excluding carboxylic acids is 1. The van der Waals surface area contributed by atoms with Crippen LogP contribution in [0.5, 0.6) is 5.75 Å². The fourth-order valence-corrected chi connectivity index (χ4v) is 3.41. The van der Waals surface area contributed by atoms with Gasteiger partial charge in [-0.25, -0.2) is 4.98 Å². The average Bonchev–Trinajstić information content (AvgIpc) is 3.31. The van der Waals surface area contributed by atoms with Crippen LogP contribution in [0, 0.1) is 0 Å². The van der Waals surface area contributed by atoms with E-state index in [9.17, 15) is 14.7 Å².